The third-order valence-corrected chi connectivity index (χ3v) is 2.41. The van der Waals surface area contributed by atoms with E-state index in [1.165, 1.54) is 0 Å². The van der Waals surface area contributed by atoms with Gasteiger partial charge in [0.2, 0.25) is 0 Å². The van der Waals surface area contributed by atoms with E-state index in [1.807, 2.05) is 21.0 Å². The monoisotopic (exact) mass is 190 g/mol. The summed E-state index contributed by atoms with van der Waals surface area (Å²) >= 11 is 0. The Morgan fingerprint density at radius 3 is 2.15 bits per heavy atom. The molecule has 13 heavy (non-hydrogen) atoms. The van der Waals surface area contributed by atoms with Gasteiger partial charge in [-0.2, -0.15) is 5.12 Å². The predicted octanol–water partition coefficient (Wildman–Crippen LogP) is -2.09. The fourth-order valence-electron chi connectivity index (χ4n) is 1.32. The Hall–Kier alpha value is -0.240. The molecule has 0 aromatic carbocycles. The third-order valence-electron chi connectivity index (χ3n) is 2.41. The minimum atomic E-state index is -0.480. The van der Waals surface area contributed by atoms with Crippen LogP contribution in [0.5, 0.6) is 0 Å². The Balaban J connectivity index is 4.34. The van der Waals surface area contributed by atoms with Crippen molar-refractivity contribution < 1.29 is 0 Å². The van der Waals surface area contributed by atoms with Crippen molar-refractivity contribution in [1.82, 2.24) is 15.8 Å². The van der Waals surface area contributed by atoms with Gasteiger partial charge in [-0.05, 0) is 20.5 Å². The van der Waals surface area contributed by atoms with Crippen molar-refractivity contribution in [3.63, 3.8) is 0 Å². The quantitative estimate of drug-likeness (QED) is 0.187. The van der Waals surface area contributed by atoms with E-state index in [1.54, 1.807) is 0 Å². The van der Waals surface area contributed by atoms with Gasteiger partial charge in [0, 0.05) is 6.54 Å². The normalized spacial score (nSPS) is 18.7. The van der Waals surface area contributed by atoms with Crippen LogP contribution in [0.1, 0.15) is 13.3 Å². The topological polar surface area (TPSA) is 105 Å². The maximum Gasteiger partial charge on any atom is 0.0828 e. The highest BCUT2D eigenvalue weighted by Gasteiger charge is 2.30. The number of nitrogens with two attached hydrogens (primary N) is 3. The van der Waals surface area contributed by atoms with Crippen LogP contribution < -0.4 is 28.1 Å². The summed E-state index contributed by atoms with van der Waals surface area (Å²) in [6.45, 7) is 2.50. The van der Waals surface area contributed by atoms with Gasteiger partial charge in [0.1, 0.15) is 0 Å². The van der Waals surface area contributed by atoms with E-state index in [9.17, 15) is 0 Å². The zero-order chi connectivity index (χ0) is 10.5. The number of hydrazine groups is 2. The molecule has 0 aromatic heterocycles. The zero-order valence-electron chi connectivity index (χ0n) is 8.67. The van der Waals surface area contributed by atoms with Gasteiger partial charge >= 0.3 is 0 Å². The number of hydrogen-bond donors (Lipinski definition) is 5. The highest BCUT2D eigenvalue weighted by atomic mass is 15.6. The lowest BCUT2D eigenvalue weighted by Crippen LogP contribution is -2.68. The van der Waals surface area contributed by atoms with Gasteiger partial charge in [0.05, 0.1) is 11.7 Å². The van der Waals surface area contributed by atoms with Crippen LogP contribution in [-0.4, -0.2) is 37.5 Å². The lowest BCUT2D eigenvalue weighted by atomic mass is 9.98. The first-order valence-electron chi connectivity index (χ1n) is 4.42. The molecule has 6 nitrogen and oxygen atoms in total. The number of likely N-dealkylation sites (N-methyl/N-ethyl adjacent to an activating group) is 2. The number of nitrogens with zero attached hydrogens (tertiary/aromatic N) is 1. The maximum absolute atomic E-state index is 6.09. The maximum atomic E-state index is 6.09. The van der Waals surface area contributed by atoms with Crippen LogP contribution in [0.2, 0.25) is 0 Å². The molecule has 0 rings (SSSR count). The van der Waals surface area contributed by atoms with Crippen molar-refractivity contribution in [1.29, 1.82) is 0 Å². The Labute approximate surface area is 79.7 Å². The van der Waals surface area contributed by atoms with E-state index in [0.29, 0.717) is 6.54 Å². The van der Waals surface area contributed by atoms with Crippen LogP contribution in [0.3, 0.4) is 0 Å². The summed E-state index contributed by atoms with van der Waals surface area (Å²) in [7, 11) is 3.66. The van der Waals surface area contributed by atoms with E-state index >= 15 is 0 Å². The Kier molecular flexibility index (Phi) is 5.38. The molecule has 0 heterocycles. The van der Waals surface area contributed by atoms with E-state index in [-0.39, 0.29) is 6.04 Å². The number of rotatable bonds is 6. The van der Waals surface area contributed by atoms with Crippen LogP contribution >= 0.6 is 0 Å². The fraction of sp³-hybridized carbons (Fsp3) is 1.00. The summed E-state index contributed by atoms with van der Waals surface area (Å²) in [4.78, 5) is 0. The molecule has 0 aliphatic heterocycles. The minimum absolute atomic E-state index is 0.0116. The van der Waals surface area contributed by atoms with Crippen molar-refractivity contribution in [2.75, 3.05) is 20.6 Å². The van der Waals surface area contributed by atoms with Gasteiger partial charge in [-0.1, -0.05) is 6.92 Å². The van der Waals surface area contributed by atoms with Gasteiger partial charge in [0.15, 0.2) is 0 Å². The SMILES string of the molecule is CCC(N)(NC)C(CN(N)N)NC. The molecule has 8 N–H and O–H groups in total. The zero-order valence-corrected chi connectivity index (χ0v) is 8.67. The van der Waals surface area contributed by atoms with E-state index in [4.69, 9.17) is 17.4 Å². The van der Waals surface area contributed by atoms with Crippen molar-refractivity contribution >= 4 is 0 Å². The third kappa shape index (κ3) is 3.55. The first-order chi connectivity index (χ1) is 6.00. The standard InChI is InChI=1S/C7H22N6/c1-4-7(8,12-3)6(11-2)5-13(9)10/h6,11-12H,4-5,8-10H2,1-3H3. The van der Waals surface area contributed by atoms with Crippen LogP contribution in [0, 0.1) is 0 Å². The Morgan fingerprint density at radius 1 is 1.38 bits per heavy atom. The average Bonchev–Trinajstić information content (AvgIpc) is 2.12. The molecule has 0 aromatic rings. The fourth-order valence-corrected chi connectivity index (χ4v) is 1.32. The number of hydrogen-bond acceptors (Lipinski definition) is 6. The first kappa shape index (κ1) is 12.8. The average molecular weight is 190 g/mol. The minimum Gasteiger partial charge on any atom is -0.313 e. The van der Waals surface area contributed by atoms with Gasteiger partial charge in [0.25, 0.3) is 0 Å². The van der Waals surface area contributed by atoms with Gasteiger partial charge in [-0.25, -0.2) is 0 Å². The summed E-state index contributed by atoms with van der Waals surface area (Å²) in [5, 5.41) is 7.28. The van der Waals surface area contributed by atoms with Crippen molar-refractivity contribution in [2.45, 2.75) is 25.0 Å². The van der Waals surface area contributed by atoms with Gasteiger partial charge in [-0.15, -0.1) is 0 Å². The molecule has 0 spiro atoms. The molecule has 2 unspecified atom stereocenters. The summed E-state index contributed by atoms with van der Waals surface area (Å²) in [6, 6.07) is 0.0116. The molecule has 2 atom stereocenters. The molecule has 6 heteroatoms. The number of nitrogens with one attached hydrogen (secondary N) is 2. The summed E-state index contributed by atoms with van der Waals surface area (Å²) in [5.41, 5.74) is 5.61. The van der Waals surface area contributed by atoms with Gasteiger partial charge in [-0.3, -0.25) is 11.7 Å². The van der Waals surface area contributed by atoms with E-state index < -0.39 is 5.66 Å². The smallest absolute Gasteiger partial charge is 0.0828 e. The summed E-state index contributed by atoms with van der Waals surface area (Å²) in [6.07, 6.45) is 0.794. The highest BCUT2D eigenvalue weighted by molar-refractivity contribution is 4.92. The highest BCUT2D eigenvalue weighted by Crippen LogP contribution is 2.07. The van der Waals surface area contributed by atoms with E-state index in [2.05, 4.69) is 10.6 Å². The summed E-state index contributed by atoms with van der Waals surface area (Å²) in [5.74, 6) is 10.7. The second-order valence-corrected chi connectivity index (χ2v) is 3.18. The molecule has 0 saturated carbocycles. The predicted molar refractivity (Wildman–Crippen MR) is 54.2 cm³/mol. The molecule has 0 saturated heterocycles. The molecule has 0 aliphatic rings. The molecule has 0 bridgehead atoms. The van der Waals surface area contributed by atoms with Crippen molar-refractivity contribution in [3.05, 3.63) is 0 Å². The molecule has 0 radical (unpaired) electrons. The van der Waals surface area contributed by atoms with Crippen molar-refractivity contribution in [3.8, 4) is 0 Å². The van der Waals surface area contributed by atoms with Crippen LogP contribution in [0.25, 0.3) is 0 Å². The summed E-state index contributed by atoms with van der Waals surface area (Å²) < 4.78 is 0. The largest absolute Gasteiger partial charge is 0.313 e. The molecule has 0 aliphatic carbocycles. The second kappa shape index (κ2) is 5.48. The Bertz CT molecular complexity index is 133. The molecule has 0 amide bonds. The molecular weight excluding hydrogens is 168 g/mol. The van der Waals surface area contributed by atoms with Crippen LogP contribution in [-0.2, 0) is 0 Å². The Morgan fingerprint density at radius 2 is 1.92 bits per heavy atom. The van der Waals surface area contributed by atoms with Crippen LogP contribution in [0.15, 0.2) is 0 Å². The lowest BCUT2D eigenvalue weighted by molar-refractivity contribution is 0.176. The first-order valence-corrected chi connectivity index (χ1v) is 4.42. The molecule has 80 valence electrons. The van der Waals surface area contributed by atoms with Crippen LogP contribution in [0.4, 0.5) is 0 Å². The van der Waals surface area contributed by atoms with Gasteiger partial charge < -0.3 is 16.4 Å². The second-order valence-electron chi connectivity index (χ2n) is 3.18. The van der Waals surface area contributed by atoms with Crippen molar-refractivity contribution in [2.24, 2.45) is 17.4 Å². The molecular formula is C7H22N6. The lowest BCUT2D eigenvalue weighted by Gasteiger charge is -2.37. The molecule has 0 fully saturated rings. The van der Waals surface area contributed by atoms with E-state index in [0.717, 1.165) is 11.5 Å².